The SMILES string of the molecule is CC(O)C(NC(=O)C(CCCCN)NC(=O)C(CO)NC(=O)C(N)CCC(=O)O)C(=O)O. The number of carbonyl (C=O) groups excluding carboxylic acids is 3. The van der Waals surface area contributed by atoms with Gasteiger partial charge in [-0.1, -0.05) is 0 Å². The van der Waals surface area contributed by atoms with Crippen molar-refractivity contribution in [1.29, 1.82) is 0 Å². The van der Waals surface area contributed by atoms with E-state index in [1.54, 1.807) is 0 Å². The van der Waals surface area contributed by atoms with Gasteiger partial charge in [0, 0.05) is 6.42 Å². The number of carbonyl (C=O) groups is 5. The number of nitrogens with one attached hydrogen (secondary N) is 3. The van der Waals surface area contributed by atoms with Crippen molar-refractivity contribution in [2.45, 2.75) is 69.3 Å². The molecule has 0 aromatic heterocycles. The maximum absolute atomic E-state index is 12.5. The first kappa shape index (κ1) is 29.2. The Morgan fingerprint density at radius 1 is 0.875 bits per heavy atom. The van der Waals surface area contributed by atoms with E-state index in [2.05, 4.69) is 16.0 Å². The lowest BCUT2D eigenvalue weighted by Gasteiger charge is -2.25. The smallest absolute Gasteiger partial charge is 0.328 e. The zero-order chi connectivity index (χ0) is 24.8. The minimum atomic E-state index is -1.61. The van der Waals surface area contributed by atoms with Crippen molar-refractivity contribution in [3.05, 3.63) is 0 Å². The van der Waals surface area contributed by atoms with E-state index in [9.17, 15) is 34.2 Å². The lowest BCUT2D eigenvalue weighted by Crippen LogP contribution is -2.59. The van der Waals surface area contributed by atoms with Crippen LogP contribution in [0.4, 0.5) is 0 Å². The van der Waals surface area contributed by atoms with Crippen molar-refractivity contribution >= 4 is 29.7 Å². The van der Waals surface area contributed by atoms with Crippen LogP contribution in [-0.2, 0) is 24.0 Å². The molecule has 0 aliphatic carbocycles. The average Bonchev–Trinajstić information content (AvgIpc) is 2.72. The van der Waals surface area contributed by atoms with E-state index in [4.69, 9.17) is 21.7 Å². The second-order valence-electron chi connectivity index (χ2n) is 7.19. The molecular weight excluding hydrogens is 430 g/mol. The molecule has 3 amide bonds. The van der Waals surface area contributed by atoms with Crippen LogP contribution < -0.4 is 27.4 Å². The molecular formula is C18H33N5O9. The lowest BCUT2D eigenvalue weighted by molar-refractivity contribution is -0.145. The molecule has 32 heavy (non-hydrogen) atoms. The number of nitrogens with two attached hydrogens (primary N) is 2. The van der Waals surface area contributed by atoms with Crippen molar-refractivity contribution in [3.8, 4) is 0 Å². The second-order valence-corrected chi connectivity index (χ2v) is 7.19. The number of amides is 3. The standard InChI is InChI=1S/C18H33N5O9/c1-9(25)14(18(31)32)23-16(29)11(4-2-3-7-19)21-17(30)12(8-24)22-15(28)10(20)5-6-13(26)27/h9-12,14,24-25H,2-8,19-20H2,1H3,(H,21,30)(H,22,28)(H,23,29)(H,26,27)(H,31,32). The number of aliphatic carboxylic acids is 2. The van der Waals surface area contributed by atoms with Crippen LogP contribution in [0.2, 0.25) is 0 Å². The van der Waals surface area contributed by atoms with Crippen LogP contribution in [0.25, 0.3) is 0 Å². The maximum Gasteiger partial charge on any atom is 0.328 e. The van der Waals surface area contributed by atoms with Gasteiger partial charge in [-0.2, -0.15) is 0 Å². The molecule has 0 rings (SSSR count). The molecule has 0 saturated carbocycles. The van der Waals surface area contributed by atoms with Crippen molar-refractivity contribution < 1.29 is 44.4 Å². The summed E-state index contributed by atoms with van der Waals surface area (Å²) in [6.07, 6.45) is -0.989. The predicted octanol–water partition coefficient (Wildman–Crippen LogP) is -3.78. The lowest BCUT2D eigenvalue weighted by atomic mass is 10.1. The number of carboxylic acid groups (broad SMARTS) is 2. The van der Waals surface area contributed by atoms with E-state index >= 15 is 0 Å². The van der Waals surface area contributed by atoms with Gasteiger partial charge >= 0.3 is 11.9 Å². The summed E-state index contributed by atoms with van der Waals surface area (Å²) in [5.74, 6) is -5.33. The molecule has 5 unspecified atom stereocenters. The third-order valence-electron chi connectivity index (χ3n) is 4.45. The number of aliphatic hydroxyl groups excluding tert-OH is 2. The number of aliphatic hydroxyl groups is 2. The molecule has 0 fully saturated rings. The molecule has 0 heterocycles. The molecule has 0 aromatic carbocycles. The topological polar surface area (TPSA) is 254 Å². The number of hydrogen-bond donors (Lipinski definition) is 9. The summed E-state index contributed by atoms with van der Waals surface area (Å²) >= 11 is 0. The molecule has 5 atom stereocenters. The molecule has 0 saturated heterocycles. The minimum absolute atomic E-state index is 0.0745. The number of rotatable bonds is 16. The van der Waals surface area contributed by atoms with Gasteiger partial charge in [-0.05, 0) is 39.2 Å². The van der Waals surface area contributed by atoms with E-state index in [0.29, 0.717) is 19.4 Å². The van der Waals surface area contributed by atoms with Gasteiger partial charge in [-0.15, -0.1) is 0 Å². The summed E-state index contributed by atoms with van der Waals surface area (Å²) in [4.78, 5) is 58.9. The van der Waals surface area contributed by atoms with Crippen molar-refractivity contribution in [2.24, 2.45) is 11.5 Å². The first-order valence-corrected chi connectivity index (χ1v) is 10.0. The highest BCUT2D eigenvalue weighted by Crippen LogP contribution is 2.04. The van der Waals surface area contributed by atoms with Gasteiger partial charge in [0.2, 0.25) is 17.7 Å². The normalized spacial score (nSPS) is 15.5. The summed E-state index contributed by atoms with van der Waals surface area (Å²) in [5, 5.41) is 43.4. The van der Waals surface area contributed by atoms with Crippen molar-refractivity contribution in [2.75, 3.05) is 13.2 Å². The highest BCUT2D eigenvalue weighted by molar-refractivity contribution is 5.94. The van der Waals surface area contributed by atoms with Crippen LogP contribution in [0.1, 0.15) is 39.0 Å². The van der Waals surface area contributed by atoms with E-state index < -0.39 is 66.5 Å². The fourth-order valence-electron chi connectivity index (χ4n) is 2.56. The summed E-state index contributed by atoms with van der Waals surface area (Å²) in [6.45, 7) is 0.648. The van der Waals surface area contributed by atoms with Gasteiger partial charge in [0.05, 0.1) is 18.8 Å². The highest BCUT2D eigenvalue weighted by Gasteiger charge is 2.31. The summed E-state index contributed by atoms with van der Waals surface area (Å²) < 4.78 is 0. The average molecular weight is 463 g/mol. The molecule has 184 valence electrons. The molecule has 14 heteroatoms. The van der Waals surface area contributed by atoms with Crippen LogP contribution in [0.3, 0.4) is 0 Å². The molecule has 0 aromatic rings. The Kier molecular flexibility index (Phi) is 13.7. The van der Waals surface area contributed by atoms with Crippen molar-refractivity contribution in [3.63, 3.8) is 0 Å². The first-order valence-electron chi connectivity index (χ1n) is 10.0. The number of unbranched alkanes of at least 4 members (excludes halogenated alkanes) is 1. The zero-order valence-electron chi connectivity index (χ0n) is 17.8. The Morgan fingerprint density at radius 2 is 1.44 bits per heavy atom. The van der Waals surface area contributed by atoms with Crippen LogP contribution in [-0.4, -0.2) is 93.5 Å². The highest BCUT2D eigenvalue weighted by atomic mass is 16.4. The number of carboxylic acids is 2. The molecule has 11 N–H and O–H groups in total. The van der Waals surface area contributed by atoms with E-state index in [0.717, 1.165) is 0 Å². The Morgan fingerprint density at radius 3 is 1.91 bits per heavy atom. The van der Waals surface area contributed by atoms with Crippen LogP contribution in [0.15, 0.2) is 0 Å². The zero-order valence-corrected chi connectivity index (χ0v) is 17.8. The number of hydrogen-bond acceptors (Lipinski definition) is 9. The van der Waals surface area contributed by atoms with Crippen LogP contribution in [0, 0.1) is 0 Å². The van der Waals surface area contributed by atoms with Gasteiger partial charge < -0.3 is 47.8 Å². The quantitative estimate of drug-likeness (QED) is 0.100. The van der Waals surface area contributed by atoms with Gasteiger partial charge in [-0.25, -0.2) is 4.79 Å². The predicted molar refractivity (Wildman–Crippen MR) is 110 cm³/mol. The third-order valence-corrected chi connectivity index (χ3v) is 4.45. The maximum atomic E-state index is 12.5. The minimum Gasteiger partial charge on any atom is -0.481 e. The molecule has 0 bridgehead atoms. The molecule has 0 aliphatic heterocycles. The fourth-order valence-corrected chi connectivity index (χ4v) is 2.56. The second kappa shape index (κ2) is 15.1. The van der Waals surface area contributed by atoms with Gasteiger partial charge in [0.1, 0.15) is 12.1 Å². The molecule has 0 radical (unpaired) electrons. The monoisotopic (exact) mass is 463 g/mol. The molecule has 14 nitrogen and oxygen atoms in total. The Hall–Kier alpha value is -2.81. The van der Waals surface area contributed by atoms with E-state index in [1.807, 2.05) is 0 Å². The first-order chi connectivity index (χ1) is 14.9. The van der Waals surface area contributed by atoms with Gasteiger partial charge in [0.25, 0.3) is 0 Å². The summed E-state index contributed by atoms with van der Waals surface area (Å²) in [7, 11) is 0. The van der Waals surface area contributed by atoms with Crippen LogP contribution in [0.5, 0.6) is 0 Å². The van der Waals surface area contributed by atoms with Crippen LogP contribution >= 0.6 is 0 Å². The van der Waals surface area contributed by atoms with Crippen molar-refractivity contribution in [1.82, 2.24) is 16.0 Å². The Balaban J connectivity index is 5.22. The largest absolute Gasteiger partial charge is 0.481 e. The molecule has 0 spiro atoms. The summed E-state index contributed by atoms with van der Waals surface area (Å²) in [6, 6.07) is -5.58. The van der Waals surface area contributed by atoms with Gasteiger partial charge in [-0.3, -0.25) is 19.2 Å². The molecule has 0 aliphatic rings. The Labute approximate surface area is 184 Å². The van der Waals surface area contributed by atoms with E-state index in [-0.39, 0.29) is 19.3 Å². The summed E-state index contributed by atoms with van der Waals surface area (Å²) in [5.41, 5.74) is 11.0. The third kappa shape index (κ3) is 11.0. The van der Waals surface area contributed by atoms with E-state index in [1.165, 1.54) is 6.92 Å². The Bertz CT molecular complexity index is 659. The fraction of sp³-hybridized carbons (Fsp3) is 0.722. The van der Waals surface area contributed by atoms with Gasteiger partial charge in [0.15, 0.2) is 6.04 Å².